The molecule has 3 aliphatic rings. The van der Waals surface area contributed by atoms with Crippen LogP contribution in [-0.2, 0) is 5.41 Å². The van der Waals surface area contributed by atoms with Crippen LogP contribution in [-0.4, -0.2) is 49.4 Å². The number of ether oxygens (including phenoxy) is 3. The first-order valence-corrected chi connectivity index (χ1v) is 11.9. The molecule has 1 saturated carbocycles. The molecule has 1 aliphatic heterocycles. The molecule has 2 atom stereocenters. The van der Waals surface area contributed by atoms with Crippen molar-refractivity contribution in [2.24, 2.45) is 5.92 Å². The molecule has 2 aliphatic carbocycles. The van der Waals surface area contributed by atoms with E-state index in [0.717, 1.165) is 39.4 Å². The maximum atomic E-state index is 13.9. The van der Waals surface area contributed by atoms with Crippen LogP contribution in [0.4, 0.5) is 0 Å². The number of allylic oxidation sites excluding steroid dienone is 2. The number of H-pyrrole nitrogens is 1. The lowest BCUT2D eigenvalue weighted by Crippen LogP contribution is -2.34. The number of carbonyl (C=O) groups excluding carboxylic acids is 2. The molecule has 0 unspecified atom stereocenters. The van der Waals surface area contributed by atoms with E-state index in [0.29, 0.717) is 40.9 Å². The first kappa shape index (κ1) is 21.1. The van der Waals surface area contributed by atoms with Crippen LogP contribution in [0.15, 0.2) is 60.3 Å². The van der Waals surface area contributed by atoms with E-state index >= 15 is 0 Å². The zero-order chi connectivity index (χ0) is 24.8. The number of nitrogens with zero attached hydrogens (tertiary/aromatic N) is 1. The van der Waals surface area contributed by atoms with E-state index in [9.17, 15) is 9.59 Å². The van der Waals surface area contributed by atoms with Gasteiger partial charge in [0, 0.05) is 34.7 Å². The molecule has 7 heteroatoms. The van der Waals surface area contributed by atoms with Gasteiger partial charge in [-0.25, -0.2) is 0 Å². The molecule has 1 aromatic heterocycles. The normalized spacial score (nSPS) is 21.6. The predicted molar refractivity (Wildman–Crippen MR) is 135 cm³/mol. The lowest BCUT2D eigenvalue weighted by Gasteiger charge is -2.30. The molecule has 4 aromatic rings. The molecule has 2 heterocycles. The number of nitrogens with one attached hydrogen (secondary N) is 1. The maximum Gasteiger partial charge on any atom is 0.274 e. The van der Waals surface area contributed by atoms with Gasteiger partial charge in [-0.2, -0.15) is 0 Å². The van der Waals surface area contributed by atoms with Gasteiger partial charge in [0.1, 0.15) is 5.69 Å². The summed E-state index contributed by atoms with van der Waals surface area (Å²) in [7, 11) is 4.66. The van der Waals surface area contributed by atoms with Crippen LogP contribution in [0.25, 0.3) is 21.7 Å². The Hall–Kier alpha value is -4.26. The minimum absolute atomic E-state index is 0.0467. The monoisotopic (exact) mass is 480 g/mol. The van der Waals surface area contributed by atoms with Crippen molar-refractivity contribution in [3.8, 4) is 17.2 Å². The van der Waals surface area contributed by atoms with E-state index in [1.54, 1.807) is 38.4 Å². The molecule has 0 radical (unpaired) electrons. The minimum atomic E-state index is -0.282. The van der Waals surface area contributed by atoms with Crippen molar-refractivity contribution in [2.45, 2.75) is 11.8 Å². The summed E-state index contributed by atoms with van der Waals surface area (Å²) in [5.74, 6) is 1.53. The summed E-state index contributed by atoms with van der Waals surface area (Å²) in [6.07, 6.45) is 2.63. The van der Waals surface area contributed by atoms with E-state index in [1.807, 2.05) is 30.3 Å². The molecule has 1 spiro atoms. The molecule has 1 N–H and O–H groups in total. The molecule has 3 aromatic carbocycles. The summed E-state index contributed by atoms with van der Waals surface area (Å²) in [6, 6.07) is 15.7. The number of hydrogen-bond donors (Lipinski definition) is 1. The summed E-state index contributed by atoms with van der Waals surface area (Å²) in [5, 5.41) is 2.98. The highest BCUT2D eigenvalue weighted by Gasteiger charge is 2.67. The second kappa shape index (κ2) is 7.13. The summed E-state index contributed by atoms with van der Waals surface area (Å²) in [5.41, 5.74) is 3.44. The third-order valence-corrected chi connectivity index (χ3v) is 8.06. The zero-order valence-electron chi connectivity index (χ0n) is 20.2. The van der Waals surface area contributed by atoms with Crippen LogP contribution in [0, 0.1) is 5.92 Å². The third kappa shape index (κ3) is 2.52. The van der Waals surface area contributed by atoms with E-state index in [4.69, 9.17) is 14.2 Å². The van der Waals surface area contributed by atoms with Crippen molar-refractivity contribution in [2.75, 3.05) is 27.9 Å². The van der Waals surface area contributed by atoms with Gasteiger partial charge in [-0.3, -0.25) is 9.59 Å². The summed E-state index contributed by atoms with van der Waals surface area (Å²) >= 11 is 0. The second-order valence-corrected chi connectivity index (χ2v) is 9.68. The van der Waals surface area contributed by atoms with Gasteiger partial charge in [-0.05, 0) is 40.8 Å². The molecular weight excluding hydrogens is 456 g/mol. The number of aromatic nitrogens is 1. The van der Waals surface area contributed by atoms with Crippen LogP contribution in [0.3, 0.4) is 0 Å². The number of hydrogen-bond acceptors (Lipinski definition) is 5. The number of aromatic amines is 1. The molecule has 7 nitrogen and oxygen atoms in total. The van der Waals surface area contributed by atoms with Crippen LogP contribution in [0.1, 0.15) is 32.8 Å². The maximum absolute atomic E-state index is 13.9. The molecular formula is C29H24N2O5. The van der Waals surface area contributed by atoms with Crippen LogP contribution < -0.4 is 14.2 Å². The topological polar surface area (TPSA) is 80.9 Å². The van der Waals surface area contributed by atoms with E-state index in [2.05, 4.69) is 17.1 Å². The fourth-order valence-electron chi connectivity index (χ4n) is 6.42. The lowest BCUT2D eigenvalue weighted by atomic mass is 9.78. The van der Waals surface area contributed by atoms with E-state index < -0.39 is 0 Å². The highest BCUT2D eigenvalue weighted by atomic mass is 16.5. The zero-order valence-corrected chi connectivity index (χ0v) is 20.2. The van der Waals surface area contributed by atoms with Gasteiger partial charge in [0.05, 0.1) is 26.8 Å². The Bertz CT molecular complexity index is 1670. The average Bonchev–Trinajstić information content (AvgIpc) is 3.28. The largest absolute Gasteiger partial charge is 0.493 e. The van der Waals surface area contributed by atoms with Gasteiger partial charge in [-0.15, -0.1) is 0 Å². The average molecular weight is 481 g/mol. The summed E-state index contributed by atoms with van der Waals surface area (Å²) in [6.45, 7) is 0.583. The number of carbonyl (C=O) groups is 2. The summed E-state index contributed by atoms with van der Waals surface area (Å²) in [4.78, 5) is 32.1. The first-order chi connectivity index (χ1) is 17.5. The van der Waals surface area contributed by atoms with Crippen LogP contribution in [0.5, 0.6) is 17.2 Å². The first-order valence-electron chi connectivity index (χ1n) is 11.9. The van der Waals surface area contributed by atoms with Gasteiger partial charge in [-0.1, -0.05) is 36.4 Å². The van der Waals surface area contributed by atoms with Crippen molar-refractivity contribution >= 4 is 33.4 Å². The van der Waals surface area contributed by atoms with E-state index in [-0.39, 0.29) is 17.1 Å². The van der Waals surface area contributed by atoms with E-state index in [1.165, 1.54) is 0 Å². The lowest BCUT2D eigenvalue weighted by molar-refractivity contribution is 0.0806. The number of benzene rings is 3. The third-order valence-electron chi connectivity index (χ3n) is 8.06. The Morgan fingerprint density at radius 1 is 1.00 bits per heavy atom. The highest BCUT2D eigenvalue weighted by Crippen LogP contribution is 2.67. The number of piperidine rings is 1. The number of methoxy groups -OCH3 is 3. The standard InChI is InChI=1S/C29H24N2O5/c1-34-22-11-16-10-20(30-25(16)27(36-3)26(22)35-2)28(33)31-14-17-13-29(17)23(31)12-21(32)19-9-8-15-6-4-5-7-18(15)24(19)29/h4-12,17,30H,13-14H2,1-3H3/t17-,29+/m1/s1. The number of likely N-dealkylation sites (tertiary alicyclic amines) is 1. The van der Waals surface area contributed by atoms with Crippen molar-refractivity contribution in [3.05, 3.63) is 77.1 Å². The fraction of sp³-hybridized carbons (Fsp3) is 0.241. The second-order valence-electron chi connectivity index (χ2n) is 9.68. The quantitative estimate of drug-likeness (QED) is 0.452. The fourth-order valence-corrected chi connectivity index (χ4v) is 6.42. The number of fused-ring (bicyclic) bond motifs is 4. The SMILES string of the molecule is COc1cc2cc(C(=O)N3C[C@H]4C[C@@]45C3=CC(=O)c3ccc4ccccc4c35)[nH]c2c(OC)c1OC. The van der Waals surface area contributed by atoms with Crippen molar-refractivity contribution in [3.63, 3.8) is 0 Å². The van der Waals surface area contributed by atoms with Crippen LogP contribution >= 0.6 is 0 Å². The van der Waals surface area contributed by atoms with Crippen molar-refractivity contribution in [1.82, 2.24) is 9.88 Å². The molecule has 7 rings (SSSR count). The number of rotatable bonds is 4. The van der Waals surface area contributed by atoms with Crippen molar-refractivity contribution < 1.29 is 23.8 Å². The number of ketones is 1. The van der Waals surface area contributed by atoms with Gasteiger partial charge >= 0.3 is 0 Å². The Morgan fingerprint density at radius 2 is 1.81 bits per heavy atom. The Morgan fingerprint density at radius 3 is 2.58 bits per heavy atom. The van der Waals surface area contributed by atoms with Gasteiger partial charge < -0.3 is 24.1 Å². The Balaban J connectivity index is 1.34. The molecule has 1 saturated heterocycles. The summed E-state index contributed by atoms with van der Waals surface area (Å²) < 4.78 is 16.6. The molecule has 0 bridgehead atoms. The number of amides is 1. The molecule has 180 valence electrons. The van der Waals surface area contributed by atoms with Gasteiger partial charge in [0.2, 0.25) is 5.75 Å². The van der Waals surface area contributed by atoms with Crippen LogP contribution in [0.2, 0.25) is 0 Å². The van der Waals surface area contributed by atoms with Gasteiger partial charge in [0.15, 0.2) is 17.3 Å². The molecule has 1 amide bonds. The molecule has 2 fully saturated rings. The Labute approximate surface area is 207 Å². The highest BCUT2D eigenvalue weighted by molar-refractivity contribution is 6.13. The molecule has 36 heavy (non-hydrogen) atoms. The minimum Gasteiger partial charge on any atom is -0.493 e. The predicted octanol–water partition coefficient (Wildman–Crippen LogP) is 4.84. The van der Waals surface area contributed by atoms with Gasteiger partial charge in [0.25, 0.3) is 5.91 Å². The van der Waals surface area contributed by atoms with Crippen molar-refractivity contribution in [1.29, 1.82) is 0 Å². The smallest absolute Gasteiger partial charge is 0.274 e. The Kier molecular flexibility index (Phi) is 4.17.